The molecule has 3 rings (SSSR count). The molecule has 1 aliphatic rings. The molecule has 8 nitrogen and oxygen atoms in total. The molecule has 0 bridgehead atoms. The van der Waals surface area contributed by atoms with E-state index in [1.165, 1.54) is 0 Å². The molecule has 130 valence electrons. The minimum absolute atomic E-state index is 0.0342. The van der Waals surface area contributed by atoms with E-state index in [9.17, 15) is 19.7 Å². The molecule has 2 heterocycles. The Kier molecular flexibility index (Phi) is 4.62. The van der Waals surface area contributed by atoms with Crippen LogP contribution in [0.15, 0.2) is 53.5 Å². The van der Waals surface area contributed by atoms with E-state index in [0.717, 1.165) is 28.5 Å². The Morgan fingerprint density at radius 3 is 2.60 bits per heavy atom. The number of likely N-dealkylation sites (tertiary alicyclic amines) is 1. The van der Waals surface area contributed by atoms with Crippen molar-refractivity contribution < 1.29 is 9.72 Å². The summed E-state index contributed by atoms with van der Waals surface area (Å²) < 4.78 is 1.06. The van der Waals surface area contributed by atoms with E-state index in [2.05, 4.69) is 0 Å². The lowest BCUT2D eigenvalue weighted by molar-refractivity contribution is -0.385. The molecule has 0 spiro atoms. The van der Waals surface area contributed by atoms with Gasteiger partial charge in [0.25, 0.3) is 11.2 Å². The lowest BCUT2D eigenvalue weighted by Gasteiger charge is -2.17. The van der Waals surface area contributed by atoms with Gasteiger partial charge in [-0.1, -0.05) is 30.3 Å². The number of hydrogen-bond acceptors (Lipinski definition) is 5. The maximum Gasteiger partial charge on any atom is 0.285 e. The largest absolute Gasteiger partial charge is 0.339 e. The highest BCUT2D eigenvalue weighted by atomic mass is 16.6. The summed E-state index contributed by atoms with van der Waals surface area (Å²) >= 11 is 0. The zero-order chi connectivity index (χ0) is 18.0. The minimum atomic E-state index is -0.600. The quantitative estimate of drug-likeness (QED) is 0.650. The fourth-order valence-corrected chi connectivity index (χ4v) is 3.08. The first-order valence-corrected chi connectivity index (χ1v) is 7.89. The molecular weight excluding hydrogens is 324 g/mol. The van der Waals surface area contributed by atoms with E-state index in [-0.39, 0.29) is 30.1 Å². The normalized spacial score (nSPS) is 19.8. The first kappa shape index (κ1) is 16.8. The van der Waals surface area contributed by atoms with Crippen LogP contribution in [0.3, 0.4) is 0 Å². The summed E-state index contributed by atoms with van der Waals surface area (Å²) in [4.78, 5) is 36.2. The second-order valence-corrected chi connectivity index (χ2v) is 6.09. The molecule has 25 heavy (non-hydrogen) atoms. The van der Waals surface area contributed by atoms with Gasteiger partial charge in [-0.2, -0.15) is 0 Å². The highest BCUT2D eigenvalue weighted by Crippen LogP contribution is 2.26. The van der Waals surface area contributed by atoms with E-state index in [1.807, 2.05) is 30.3 Å². The number of amides is 1. The predicted molar refractivity (Wildman–Crippen MR) is 91.1 cm³/mol. The van der Waals surface area contributed by atoms with Gasteiger partial charge < -0.3 is 10.6 Å². The highest BCUT2D eigenvalue weighted by molar-refractivity contribution is 5.76. The molecule has 1 fully saturated rings. The summed E-state index contributed by atoms with van der Waals surface area (Å²) in [6.07, 6.45) is 1.09. The molecule has 2 N–H and O–H groups in total. The van der Waals surface area contributed by atoms with Crippen LogP contribution in [0.1, 0.15) is 11.5 Å². The second kappa shape index (κ2) is 6.86. The van der Waals surface area contributed by atoms with Gasteiger partial charge in [0.1, 0.15) is 6.54 Å². The van der Waals surface area contributed by atoms with E-state index in [1.54, 1.807) is 4.90 Å². The number of carbonyl (C=O) groups excluding carboxylic acids is 1. The molecule has 8 heteroatoms. The van der Waals surface area contributed by atoms with Gasteiger partial charge in [0, 0.05) is 37.2 Å². The van der Waals surface area contributed by atoms with Crippen molar-refractivity contribution in [3.05, 3.63) is 74.7 Å². The molecule has 0 aliphatic carbocycles. The molecule has 2 aromatic rings. The summed E-state index contributed by atoms with van der Waals surface area (Å²) in [6.45, 7) is 0.616. The molecule has 1 aromatic carbocycles. The van der Waals surface area contributed by atoms with Crippen LogP contribution in [0.5, 0.6) is 0 Å². The number of carbonyl (C=O) groups is 1. The molecule has 0 saturated carbocycles. The van der Waals surface area contributed by atoms with Crippen LogP contribution in [0.4, 0.5) is 5.69 Å². The van der Waals surface area contributed by atoms with Crippen molar-refractivity contribution >= 4 is 11.6 Å². The van der Waals surface area contributed by atoms with E-state index in [0.29, 0.717) is 13.1 Å². The summed E-state index contributed by atoms with van der Waals surface area (Å²) in [5, 5.41) is 10.8. The maximum atomic E-state index is 12.5. The number of benzene rings is 1. The predicted octanol–water partition coefficient (Wildman–Crippen LogP) is 0.710. The van der Waals surface area contributed by atoms with Gasteiger partial charge in [-0.25, -0.2) is 0 Å². The van der Waals surface area contributed by atoms with Crippen LogP contribution in [-0.4, -0.2) is 39.4 Å². The maximum absolute atomic E-state index is 12.5. The Hall–Kier alpha value is -3.00. The Morgan fingerprint density at radius 2 is 1.92 bits per heavy atom. The third-order valence-corrected chi connectivity index (χ3v) is 4.43. The van der Waals surface area contributed by atoms with Crippen molar-refractivity contribution in [2.45, 2.75) is 18.5 Å². The summed E-state index contributed by atoms with van der Waals surface area (Å²) in [7, 11) is 0. The molecule has 0 radical (unpaired) electrons. The number of hydrogen-bond donors (Lipinski definition) is 1. The zero-order valence-corrected chi connectivity index (χ0v) is 13.4. The van der Waals surface area contributed by atoms with Crippen molar-refractivity contribution in [1.29, 1.82) is 0 Å². The molecule has 2 atom stereocenters. The van der Waals surface area contributed by atoms with Gasteiger partial charge in [0.2, 0.25) is 5.91 Å². The van der Waals surface area contributed by atoms with Crippen LogP contribution < -0.4 is 11.3 Å². The lowest BCUT2D eigenvalue weighted by atomic mass is 9.95. The van der Waals surface area contributed by atoms with Crippen molar-refractivity contribution in [2.75, 3.05) is 13.1 Å². The third kappa shape index (κ3) is 3.58. The Balaban J connectivity index is 1.74. The van der Waals surface area contributed by atoms with Crippen molar-refractivity contribution in [3.8, 4) is 0 Å². The van der Waals surface area contributed by atoms with Gasteiger partial charge in [0.15, 0.2) is 0 Å². The van der Waals surface area contributed by atoms with Gasteiger partial charge in [-0.15, -0.1) is 0 Å². The first-order chi connectivity index (χ1) is 12.0. The molecule has 1 aromatic heterocycles. The smallest absolute Gasteiger partial charge is 0.285 e. The minimum Gasteiger partial charge on any atom is -0.339 e. The number of pyridine rings is 1. The van der Waals surface area contributed by atoms with Crippen LogP contribution >= 0.6 is 0 Å². The van der Waals surface area contributed by atoms with E-state index in [4.69, 9.17) is 5.73 Å². The number of nitrogens with two attached hydrogens (primary N) is 1. The topological polar surface area (TPSA) is 111 Å². The Bertz CT molecular complexity index is 849. The standard InChI is InChI=1S/C17H18N4O4/c18-15-10-20(9-14(15)12-4-2-1-3-5-12)17(23)11-19-8-13(21(24)25)6-7-16(19)22/h1-8,14-15H,9-11,18H2/t14-,15+/m0/s1. The van der Waals surface area contributed by atoms with Crippen molar-refractivity contribution in [3.63, 3.8) is 0 Å². The second-order valence-electron chi connectivity index (χ2n) is 6.09. The summed E-state index contributed by atoms with van der Waals surface area (Å²) in [6, 6.07) is 11.8. The van der Waals surface area contributed by atoms with Gasteiger partial charge in [0.05, 0.1) is 11.1 Å². The summed E-state index contributed by atoms with van der Waals surface area (Å²) in [5.74, 6) is -0.247. The fourth-order valence-electron chi connectivity index (χ4n) is 3.08. The first-order valence-electron chi connectivity index (χ1n) is 7.89. The molecule has 1 amide bonds. The average molecular weight is 342 g/mol. The molecule has 0 unspecified atom stereocenters. The number of nitro groups is 1. The lowest BCUT2D eigenvalue weighted by Crippen LogP contribution is -2.36. The molecule has 1 aliphatic heterocycles. The number of aromatic nitrogens is 1. The van der Waals surface area contributed by atoms with E-state index >= 15 is 0 Å². The fraction of sp³-hybridized carbons (Fsp3) is 0.294. The summed E-state index contributed by atoms with van der Waals surface area (Å²) in [5.41, 5.74) is 6.56. The number of rotatable bonds is 4. The van der Waals surface area contributed by atoms with Crippen molar-refractivity contribution in [2.24, 2.45) is 5.73 Å². The molecule has 1 saturated heterocycles. The van der Waals surface area contributed by atoms with Gasteiger partial charge in [-0.3, -0.25) is 24.3 Å². The van der Waals surface area contributed by atoms with Crippen LogP contribution in [-0.2, 0) is 11.3 Å². The van der Waals surface area contributed by atoms with Gasteiger partial charge in [-0.05, 0) is 5.56 Å². The SMILES string of the molecule is N[C@@H]1CN(C(=O)Cn2cc([N+](=O)[O-])ccc2=O)C[C@H]1c1ccccc1. The van der Waals surface area contributed by atoms with Crippen LogP contribution in [0.2, 0.25) is 0 Å². The molecular formula is C17H18N4O4. The third-order valence-electron chi connectivity index (χ3n) is 4.43. The Labute approximate surface area is 143 Å². The van der Waals surface area contributed by atoms with Crippen LogP contribution in [0, 0.1) is 10.1 Å². The van der Waals surface area contributed by atoms with Crippen LogP contribution in [0.25, 0.3) is 0 Å². The monoisotopic (exact) mass is 342 g/mol. The average Bonchev–Trinajstić information content (AvgIpc) is 2.99. The Morgan fingerprint density at radius 1 is 1.20 bits per heavy atom. The van der Waals surface area contributed by atoms with E-state index < -0.39 is 10.5 Å². The zero-order valence-electron chi connectivity index (χ0n) is 13.4. The van der Waals surface area contributed by atoms with Gasteiger partial charge >= 0.3 is 0 Å². The highest BCUT2D eigenvalue weighted by Gasteiger charge is 2.33. The van der Waals surface area contributed by atoms with Crippen molar-refractivity contribution in [1.82, 2.24) is 9.47 Å². The number of nitrogens with zero attached hydrogens (tertiary/aromatic N) is 3.